The first-order valence-electron chi connectivity index (χ1n) is 6.15. The van der Waals surface area contributed by atoms with Gasteiger partial charge in [-0.3, -0.25) is 4.79 Å². The molecule has 0 bridgehead atoms. The number of carbonyl (C=O) groups is 2. The van der Waals surface area contributed by atoms with Crippen molar-refractivity contribution < 1.29 is 14.7 Å². The van der Waals surface area contributed by atoms with Gasteiger partial charge in [0.2, 0.25) is 5.91 Å². The molecule has 6 heteroatoms. The van der Waals surface area contributed by atoms with E-state index in [0.29, 0.717) is 18.5 Å². The van der Waals surface area contributed by atoms with Gasteiger partial charge in [0.05, 0.1) is 16.7 Å². The van der Waals surface area contributed by atoms with Crippen molar-refractivity contribution in [3.8, 4) is 6.07 Å². The summed E-state index contributed by atoms with van der Waals surface area (Å²) in [6.07, 6.45) is 0.791. The molecule has 0 radical (unpaired) electrons. The number of hydrogen-bond acceptors (Lipinski definition) is 3. The van der Waals surface area contributed by atoms with Crippen LogP contribution in [0.1, 0.15) is 37.0 Å². The summed E-state index contributed by atoms with van der Waals surface area (Å²) in [5.41, 5.74) is -0.758. The molecule has 0 atom stereocenters. The maximum Gasteiger partial charge on any atom is 0.337 e. The molecule has 20 heavy (non-hydrogen) atoms. The van der Waals surface area contributed by atoms with Gasteiger partial charge in [-0.1, -0.05) is 25.4 Å². The third-order valence-corrected chi connectivity index (χ3v) is 3.63. The summed E-state index contributed by atoms with van der Waals surface area (Å²) >= 11 is 5.83. The van der Waals surface area contributed by atoms with Gasteiger partial charge in [-0.2, -0.15) is 5.26 Å². The number of hydrogen-bond donors (Lipinski definition) is 2. The zero-order chi connectivity index (χ0) is 15.3. The number of nitrogens with one attached hydrogen (secondary N) is 1. The highest BCUT2D eigenvalue weighted by atomic mass is 35.5. The van der Waals surface area contributed by atoms with Gasteiger partial charge in [0.15, 0.2) is 0 Å². The van der Waals surface area contributed by atoms with Crippen LogP contribution >= 0.6 is 11.6 Å². The molecule has 1 amide bonds. The van der Waals surface area contributed by atoms with Crippen molar-refractivity contribution in [3.05, 3.63) is 28.8 Å². The Morgan fingerprint density at radius 1 is 1.40 bits per heavy atom. The van der Waals surface area contributed by atoms with Crippen molar-refractivity contribution in [2.24, 2.45) is 5.41 Å². The SMILES string of the molecule is CCC(C#N)(CC)C(=O)Nc1ccc(C(=O)O)c(Cl)c1. The first kappa shape index (κ1) is 16.0. The van der Waals surface area contributed by atoms with Crippen molar-refractivity contribution in [2.45, 2.75) is 26.7 Å². The van der Waals surface area contributed by atoms with Crippen molar-refractivity contribution in [1.82, 2.24) is 0 Å². The van der Waals surface area contributed by atoms with Crippen LogP contribution in [0.3, 0.4) is 0 Å². The lowest BCUT2D eigenvalue weighted by Crippen LogP contribution is -2.33. The molecular weight excluding hydrogens is 280 g/mol. The molecule has 1 aromatic carbocycles. The van der Waals surface area contributed by atoms with Crippen LogP contribution < -0.4 is 5.32 Å². The Morgan fingerprint density at radius 3 is 2.40 bits per heavy atom. The third-order valence-electron chi connectivity index (χ3n) is 3.31. The molecule has 0 saturated carbocycles. The fraction of sp³-hybridized carbons (Fsp3) is 0.357. The second-order valence-electron chi connectivity index (χ2n) is 4.35. The minimum absolute atomic E-state index is 0.0332. The number of anilines is 1. The van der Waals surface area contributed by atoms with E-state index in [1.165, 1.54) is 18.2 Å². The van der Waals surface area contributed by atoms with Crippen LogP contribution in [-0.2, 0) is 4.79 Å². The van der Waals surface area contributed by atoms with Crippen molar-refractivity contribution >= 4 is 29.2 Å². The fourth-order valence-corrected chi connectivity index (χ4v) is 2.06. The van der Waals surface area contributed by atoms with Gasteiger partial charge >= 0.3 is 5.97 Å². The van der Waals surface area contributed by atoms with E-state index in [4.69, 9.17) is 16.7 Å². The van der Waals surface area contributed by atoms with Crippen LogP contribution in [0.4, 0.5) is 5.69 Å². The lowest BCUT2D eigenvalue weighted by molar-refractivity contribution is -0.123. The number of nitriles is 1. The van der Waals surface area contributed by atoms with Crippen LogP contribution in [0.15, 0.2) is 18.2 Å². The molecule has 0 heterocycles. The van der Waals surface area contributed by atoms with Crippen molar-refractivity contribution in [3.63, 3.8) is 0 Å². The van der Waals surface area contributed by atoms with E-state index in [-0.39, 0.29) is 10.6 Å². The number of nitrogens with zero attached hydrogens (tertiary/aromatic N) is 1. The number of carboxylic acids is 1. The first-order chi connectivity index (χ1) is 9.40. The number of benzene rings is 1. The van der Waals surface area contributed by atoms with E-state index in [0.717, 1.165) is 0 Å². The van der Waals surface area contributed by atoms with E-state index in [1.54, 1.807) is 13.8 Å². The van der Waals surface area contributed by atoms with E-state index in [1.807, 2.05) is 6.07 Å². The number of amides is 1. The maximum absolute atomic E-state index is 12.2. The van der Waals surface area contributed by atoms with Crippen LogP contribution in [0.25, 0.3) is 0 Å². The second kappa shape index (κ2) is 6.40. The number of aromatic carboxylic acids is 1. The number of rotatable bonds is 5. The highest BCUT2D eigenvalue weighted by Crippen LogP contribution is 2.28. The van der Waals surface area contributed by atoms with Gasteiger partial charge in [0.1, 0.15) is 5.41 Å². The van der Waals surface area contributed by atoms with Crippen LogP contribution in [0, 0.1) is 16.7 Å². The Balaban J connectivity index is 3.00. The average molecular weight is 295 g/mol. The quantitative estimate of drug-likeness (QED) is 0.871. The molecule has 0 fully saturated rings. The molecule has 5 nitrogen and oxygen atoms in total. The molecule has 0 aliphatic heterocycles. The topological polar surface area (TPSA) is 90.2 Å². The lowest BCUT2D eigenvalue weighted by Gasteiger charge is -2.22. The molecule has 0 unspecified atom stereocenters. The van der Waals surface area contributed by atoms with Crippen LogP contribution in [0.5, 0.6) is 0 Å². The number of carbonyl (C=O) groups excluding carboxylic acids is 1. The molecule has 0 aliphatic rings. The standard InChI is InChI=1S/C14H15ClN2O3/c1-3-14(4-2,8-16)13(20)17-9-5-6-10(12(18)19)11(15)7-9/h5-7H,3-4H2,1-2H3,(H,17,20)(H,18,19). The third kappa shape index (κ3) is 3.09. The van der Waals surface area contributed by atoms with Gasteiger partial charge < -0.3 is 10.4 Å². The Morgan fingerprint density at radius 2 is 2.00 bits per heavy atom. The molecule has 2 N–H and O–H groups in total. The number of carboxylic acid groups (broad SMARTS) is 1. The maximum atomic E-state index is 12.2. The van der Waals surface area contributed by atoms with Crippen molar-refractivity contribution in [1.29, 1.82) is 5.26 Å². The summed E-state index contributed by atoms with van der Waals surface area (Å²) in [6, 6.07) is 6.15. The predicted molar refractivity (Wildman–Crippen MR) is 75.7 cm³/mol. The van der Waals surface area contributed by atoms with E-state index >= 15 is 0 Å². The Kier molecular flexibility index (Phi) is 5.12. The largest absolute Gasteiger partial charge is 0.478 e. The molecule has 0 saturated heterocycles. The minimum atomic E-state index is -1.14. The highest BCUT2D eigenvalue weighted by molar-refractivity contribution is 6.33. The lowest BCUT2D eigenvalue weighted by atomic mass is 9.83. The van der Waals surface area contributed by atoms with E-state index in [9.17, 15) is 14.9 Å². The van der Waals surface area contributed by atoms with Crippen LogP contribution in [0.2, 0.25) is 5.02 Å². The minimum Gasteiger partial charge on any atom is -0.478 e. The molecule has 106 valence electrons. The zero-order valence-corrected chi connectivity index (χ0v) is 12.0. The second-order valence-corrected chi connectivity index (χ2v) is 4.76. The summed E-state index contributed by atoms with van der Waals surface area (Å²) < 4.78 is 0. The predicted octanol–water partition coefficient (Wildman–Crippen LogP) is 3.31. The summed E-state index contributed by atoms with van der Waals surface area (Å²) in [7, 11) is 0. The fourth-order valence-electron chi connectivity index (χ4n) is 1.80. The van der Waals surface area contributed by atoms with Crippen LogP contribution in [-0.4, -0.2) is 17.0 Å². The van der Waals surface area contributed by atoms with Gasteiger partial charge in [-0.05, 0) is 31.0 Å². The highest BCUT2D eigenvalue weighted by Gasteiger charge is 2.35. The van der Waals surface area contributed by atoms with E-state index < -0.39 is 17.3 Å². The summed E-state index contributed by atoms with van der Waals surface area (Å²) in [4.78, 5) is 23.0. The molecule has 0 aromatic heterocycles. The summed E-state index contributed by atoms with van der Waals surface area (Å²) in [5, 5.41) is 20.7. The molecule has 0 spiro atoms. The monoisotopic (exact) mass is 294 g/mol. The molecule has 1 rings (SSSR count). The molecule has 1 aromatic rings. The average Bonchev–Trinajstić information content (AvgIpc) is 2.41. The normalized spacial score (nSPS) is 10.7. The Hall–Kier alpha value is -2.06. The molecular formula is C14H15ClN2O3. The summed E-state index contributed by atoms with van der Waals surface area (Å²) in [6.45, 7) is 3.54. The first-order valence-corrected chi connectivity index (χ1v) is 6.53. The molecule has 0 aliphatic carbocycles. The van der Waals surface area contributed by atoms with Gasteiger partial charge in [0.25, 0.3) is 0 Å². The zero-order valence-electron chi connectivity index (χ0n) is 11.2. The van der Waals surface area contributed by atoms with Gasteiger partial charge in [-0.15, -0.1) is 0 Å². The van der Waals surface area contributed by atoms with E-state index in [2.05, 4.69) is 5.32 Å². The number of halogens is 1. The Bertz CT molecular complexity index is 574. The summed E-state index contributed by atoms with van der Waals surface area (Å²) in [5.74, 6) is -1.55. The van der Waals surface area contributed by atoms with Gasteiger partial charge in [-0.25, -0.2) is 4.79 Å². The smallest absolute Gasteiger partial charge is 0.337 e. The Labute approximate surface area is 122 Å². The van der Waals surface area contributed by atoms with Gasteiger partial charge in [0, 0.05) is 5.69 Å². The van der Waals surface area contributed by atoms with Crippen molar-refractivity contribution in [2.75, 3.05) is 5.32 Å².